The molecule has 0 radical (unpaired) electrons. The van der Waals surface area contributed by atoms with Crippen molar-refractivity contribution < 1.29 is 23.9 Å². The van der Waals surface area contributed by atoms with Crippen LogP contribution < -0.4 is 5.32 Å². The Kier molecular flexibility index (Phi) is 6.04. The zero-order valence-corrected chi connectivity index (χ0v) is 18.2. The Morgan fingerprint density at radius 1 is 0.848 bits per heavy atom. The second-order valence-electron chi connectivity index (χ2n) is 7.89. The number of hydrogen-bond donors (Lipinski definition) is 1. The van der Waals surface area contributed by atoms with Crippen LogP contribution in [0, 0.1) is 13.8 Å². The predicted octanol–water partition coefficient (Wildman–Crippen LogP) is 3.82. The van der Waals surface area contributed by atoms with E-state index >= 15 is 0 Å². The molecule has 3 aromatic carbocycles. The molecule has 1 N–H and O–H groups in total. The SMILES string of the molecule is Cc1cc(C)cc(NC(=O)C(OC(=O)CN2C(=O)c3ccccc3C2=O)c2ccccc2)c1. The summed E-state index contributed by atoms with van der Waals surface area (Å²) in [5.74, 6) is -2.54. The van der Waals surface area contributed by atoms with Crippen molar-refractivity contribution in [3.05, 3.63) is 101 Å². The fraction of sp³-hybridized carbons (Fsp3) is 0.154. The normalized spacial score (nSPS) is 13.5. The molecule has 0 saturated heterocycles. The summed E-state index contributed by atoms with van der Waals surface area (Å²) < 4.78 is 5.49. The highest BCUT2D eigenvalue weighted by atomic mass is 16.5. The molecule has 33 heavy (non-hydrogen) atoms. The average Bonchev–Trinajstić information content (AvgIpc) is 3.02. The van der Waals surface area contributed by atoms with Crippen molar-refractivity contribution in [2.24, 2.45) is 0 Å². The van der Waals surface area contributed by atoms with E-state index in [0.29, 0.717) is 11.3 Å². The Bertz CT molecular complexity index is 1200. The number of amides is 3. The van der Waals surface area contributed by atoms with Gasteiger partial charge < -0.3 is 10.1 Å². The topological polar surface area (TPSA) is 92.8 Å². The Hall–Kier alpha value is -4.26. The molecule has 1 aliphatic rings. The number of ether oxygens (including phenoxy) is 1. The minimum absolute atomic E-state index is 0.238. The van der Waals surface area contributed by atoms with Gasteiger partial charge in [0, 0.05) is 11.3 Å². The van der Waals surface area contributed by atoms with Gasteiger partial charge in [0.05, 0.1) is 11.1 Å². The zero-order chi connectivity index (χ0) is 23.5. The number of imide groups is 1. The van der Waals surface area contributed by atoms with E-state index in [0.717, 1.165) is 16.0 Å². The number of fused-ring (bicyclic) bond motifs is 1. The minimum Gasteiger partial charge on any atom is -0.446 e. The summed E-state index contributed by atoms with van der Waals surface area (Å²) in [5.41, 5.74) is 3.48. The van der Waals surface area contributed by atoms with E-state index in [4.69, 9.17) is 4.74 Å². The third-order valence-electron chi connectivity index (χ3n) is 5.24. The first-order valence-electron chi connectivity index (χ1n) is 10.4. The van der Waals surface area contributed by atoms with Crippen LogP contribution in [0.1, 0.15) is 43.5 Å². The maximum Gasteiger partial charge on any atom is 0.327 e. The number of rotatable bonds is 6. The van der Waals surface area contributed by atoms with Gasteiger partial charge in [0.1, 0.15) is 6.54 Å². The van der Waals surface area contributed by atoms with Crippen LogP contribution in [-0.2, 0) is 14.3 Å². The molecule has 1 unspecified atom stereocenters. The lowest BCUT2D eigenvalue weighted by Gasteiger charge is -2.20. The van der Waals surface area contributed by atoms with Gasteiger partial charge in [-0.05, 0) is 49.2 Å². The molecule has 0 spiro atoms. The molecule has 1 aliphatic heterocycles. The smallest absolute Gasteiger partial charge is 0.327 e. The summed E-state index contributed by atoms with van der Waals surface area (Å²) >= 11 is 0. The van der Waals surface area contributed by atoms with Gasteiger partial charge in [0.15, 0.2) is 0 Å². The molecule has 4 rings (SSSR count). The molecule has 0 fully saturated rings. The quantitative estimate of drug-likeness (QED) is 0.463. The van der Waals surface area contributed by atoms with Gasteiger partial charge in [-0.1, -0.05) is 48.5 Å². The zero-order valence-electron chi connectivity index (χ0n) is 18.2. The summed E-state index contributed by atoms with van der Waals surface area (Å²) in [5, 5.41) is 2.79. The number of benzene rings is 3. The molecule has 166 valence electrons. The number of nitrogens with zero attached hydrogens (tertiary/aromatic N) is 1. The van der Waals surface area contributed by atoms with Gasteiger partial charge in [0.2, 0.25) is 6.10 Å². The Balaban J connectivity index is 1.52. The maximum absolute atomic E-state index is 13.1. The molecule has 1 atom stereocenters. The maximum atomic E-state index is 13.1. The summed E-state index contributed by atoms with van der Waals surface area (Å²) in [7, 11) is 0. The van der Waals surface area contributed by atoms with E-state index in [1.54, 1.807) is 42.5 Å². The van der Waals surface area contributed by atoms with Crippen LogP contribution in [-0.4, -0.2) is 35.1 Å². The number of aryl methyl sites for hydroxylation is 2. The monoisotopic (exact) mass is 442 g/mol. The molecular weight excluding hydrogens is 420 g/mol. The van der Waals surface area contributed by atoms with Gasteiger partial charge >= 0.3 is 5.97 Å². The van der Waals surface area contributed by atoms with Crippen LogP contribution in [0.2, 0.25) is 0 Å². The lowest BCUT2D eigenvalue weighted by Crippen LogP contribution is -2.37. The Morgan fingerprint density at radius 2 is 1.39 bits per heavy atom. The summed E-state index contributed by atoms with van der Waals surface area (Å²) in [6, 6.07) is 20.5. The van der Waals surface area contributed by atoms with E-state index in [2.05, 4.69) is 5.32 Å². The summed E-state index contributed by atoms with van der Waals surface area (Å²) in [4.78, 5) is 51.8. The predicted molar refractivity (Wildman–Crippen MR) is 122 cm³/mol. The molecule has 7 nitrogen and oxygen atoms in total. The van der Waals surface area contributed by atoms with Gasteiger partial charge in [-0.25, -0.2) is 0 Å². The molecule has 0 bridgehead atoms. The number of anilines is 1. The molecule has 1 heterocycles. The highest BCUT2D eigenvalue weighted by Gasteiger charge is 2.37. The second kappa shape index (κ2) is 9.08. The van der Waals surface area contributed by atoms with Crippen molar-refractivity contribution >= 4 is 29.4 Å². The number of hydrogen-bond acceptors (Lipinski definition) is 5. The van der Waals surface area contributed by atoms with E-state index < -0.39 is 36.3 Å². The van der Waals surface area contributed by atoms with Crippen molar-refractivity contribution in [3.63, 3.8) is 0 Å². The molecule has 3 aromatic rings. The molecule has 0 saturated carbocycles. The molecular formula is C26H22N2O5. The van der Waals surface area contributed by atoms with Crippen LogP contribution in [0.15, 0.2) is 72.8 Å². The fourth-order valence-electron chi connectivity index (χ4n) is 3.84. The van der Waals surface area contributed by atoms with E-state index in [9.17, 15) is 19.2 Å². The average molecular weight is 442 g/mol. The van der Waals surface area contributed by atoms with Crippen LogP contribution in [0.3, 0.4) is 0 Å². The number of carbonyl (C=O) groups excluding carboxylic acids is 4. The van der Waals surface area contributed by atoms with Gasteiger partial charge in [-0.15, -0.1) is 0 Å². The summed E-state index contributed by atoms with van der Waals surface area (Å²) in [6.07, 6.45) is -1.25. The van der Waals surface area contributed by atoms with Gasteiger partial charge in [-0.3, -0.25) is 24.1 Å². The standard InChI is InChI=1S/C26H22N2O5/c1-16-12-17(2)14-19(13-16)27-24(30)23(18-8-4-3-5-9-18)33-22(29)15-28-25(31)20-10-6-7-11-21(20)26(28)32/h3-14,23H,15H2,1-2H3,(H,27,30). The molecule has 0 aliphatic carbocycles. The molecule has 3 amide bonds. The molecule has 0 aromatic heterocycles. The van der Waals surface area contributed by atoms with Crippen molar-refractivity contribution in [3.8, 4) is 0 Å². The first kappa shape index (κ1) is 22.0. The number of esters is 1. The number of carbonyl (C=O) groups is 4. The van der Waals surface area contributed by atoms with Crippen molar-refractivity contribution in [2.45, 2.75) is 20.0 Å². The van der Waals surface area contributed by atoms with Gasteiger partial charge in [0.25, 0.3) is 17.7 Å². The highest BCUT2D eigenvalue weighted by Crippen LogP contribution is 2.24. The van der Waals surface area contributed by atoms with Crippen molar-refractivity contribution in [2.75, 3.05) is 11.9 Å². The number of nitrogens with one attached hydrogen (secondary N) is 1. The van der Waals surface area contributed by atoms with Crippen LogP contribution in [0.5, 0.6) is 0 Å². The van der Waals surface area contributed by atoms with Crippen LogP contribution >= 0.6 is 0 Å². The lowest BCUT2D eigenvalue weighted by molar-refractivity contribution is -0.154. The van der Waals surface area contributed by atoms with Crippen LogP contribution in [0.4, 0.5) is 5.69 Å². The van der Waals surface area contributed by atoms with Crippen molar-refractivity contribution in [1.82, 2.24) is 4.90 Å². The fourth-order valence-corrected chi connectivity index (χ4v) is 3.84. The largest absolute Gasteiger partial charge is 0.446 e. The Morgan fingerprint density at radius 3 is 1.97 bits per heavy atom. The third-order valence-corrected chi connectivity index (χ3v) is 5.24. The highest BCUT2D eigenvalue weighted by molar-refractivity contribution is 6.22. The third kappa shape index (κ3) is 4.67. The molecule has 7 heteroatoms. The van der Waals surface area contributed by atoms with E-state index in [1.165, 1.54) is 12.1 Å². The first-order valence-corrected chi connectivity index (χ1v) is 10.4. The van der Waals surface area contributed by atoms with E-state index in [-0.39, 0.29) is 11.1 Å². The van der Waals surface area contributed by atoms with Gasteiger partial charge in [-0.2, -0.15) is 0 Å². The minimum atomic E-state index is -1.25. The first-order chi connectivity index (χ1) is 15.8. The lowest BCUT2D eigenvalue weighted by atomic mass is 10.1. The van der Waals surface area contributed by atoms with E-state index in [1.807, 2.05) is 32.0 Å². The summed E-state index contributed by atoms with van der Waals surface area (Å²) in [6.45, 7) is 3.24. The second-order valence-corrected chi connectivity index (χ2v) is 7.89. The van der Waals surface area contributed by atoms with Crippen molar-refractivity contribution in [1.29, 1.82) is 0 Å². The Labute approximate surface area is 191 Å². The van der Waals surface area contributed by atoms with Crippen LogP contribution in [0.25, 0.3) is 0 Å².